The molecule has 0 spiro atoms. The summed E-state index contributed by atoms with van der Waals surface area (Å²) in [5.74, 6) is 2.16. The van der Waals surface area contributed by atoms with Gasteiger partial charge in [-0.2, -0.15) is 0 Å². The molecule has 30 heavy (non-hydrogen) atoms. The normalized spacial score (nSPS) is 24.7. The Morgan fingerprint density at radius 3 is 2.60 bits per heavy atom. The first kappa shape index (κ1) is 22.9. The number of aliphatic hydroxyl groups excluding tert-OH is 1. The second-order valence-corrected chi connectivity index (χ2v) is 9.91. The summed E-state index contributed by atoms with van der Waals surface area (Å²) in [6, 6.07) is 2.14. The molecule has 1 atom stereocenters. The van der Waals surface area contributed by atoms with Crippen molar-refractivity contribution >= 4 is 6.09 Å². The molecule has 1 saturated carbocycles. The third-order valence-corrected chi connectivity index (χ3v) is 6.25. The number of rotatable bonds is 7. The second-order valence-electron chi connectivity index (χ2n) is 9.91. The summed E-state index contributed by atoms with van der Waals surface area (Å²) >= 11 is 0. The van der Waals surface area contributed by atoms with Gasteiger partial charge in [0.15, 0.2) is 0 Å². The number of hydrogen-bond donors (Lipinski definition) is 1. The van der Waals surface area contributed by atoms with Crippen LogP contribution in [0.4, 0.5) is 4.79 Å². The lowest BCUT2D eigenvalue weighted by molar-refractivity contribution is 0.0187. The van der Waals surface area contributed by atoms with Gasteiger partial charge in [-0.25, -0.2) is 4.79 Å². The average molecular weight is 419 g/mol. The maximum absolute atomic E-state index is 12.4. The van der Waals surface area contributed by atoms with Gasteiger partial charge in [-0.15, -0.1) is 0 Å². The first-order valence-electron chi connectivity index (χ1n) is 11.5. The SMILES string of the molecule is CC(C)(C)OC(=O)N1CCC[C@H]1COc1cncc(CC2CCC(CCO)CC2)c1. The van der Waals surface area contributed by atoms with Gasteiger partial charge in [0.05, 0.1) is 12.2 Å². The van der Waals surface area contributed by atoms with Gasteiger partial charge in [0, 0.05) is 19.3 Å². The highest BCUT2D eigenvalue weighted by atomic mass is 16.6. The fourth-order valence-electron chi connectivity index (χ4n) is 4.66. The lowest BCUT2D eigenvalue weighted by Crippen LogP contribution is -2.42. The van der Waals surface area contributed by atoms with Crippen molar-refractivity contribution in [2.75, 3.05) is 19.8 Å². The van der Waals surface area contributed by atoms with Gasteiger partial charge in [0.2, 0.25) is 0 Å². The van der Waals surface area contributed by atoms with E-state index in [1.807, 2.05) is 27.0 Å². The summed E-state index contributed by atoms with van der Waals surface area (Å²) in [6.07, 6.45) is 12.2. The van der Waals surface area contributed by atoms with E-state index in [1.165, 1.54) is 31.2 Å². The number of carbonyl (C=O) groups excluding carboxylic acids is 1. The highest BCUT2D eigenvalue weighted by Crippen LogP contribution is 2.33. The molecular formula is C24H38N2O4. The van der Waals surface area contributed by atoms with Crippen molar-refractivity contribution in [1.29, 1.82) is 0 Å². The molecule has 2 fully saturated rings. The lowest BCUT2D eigenvalue weighted by Gasteiger charge is -2.29. The number of hydrogen-bond acceptors (Lipinski definition) is 5. The van der Waals surface area contributed by atoms with Crippen LogP contribution in [0.1, 0.15) is 71.3 Å². The van der Waals surface area contributed by atoms with Crippen LogP contribution in [0.2, 0.25) is 0 Å². The zero-order valence-corrected chi connectivity index (χ0v) is 18.8. The highest BCUT2D eigenvalue weighted by Gasteiger charge is 2.32. The predicted octanol–water partition coefficient (Wildman–Crippen LogP) is 4.59. The Kier molecular flexibility index (Phi) is 7.98. The standard InChI is InChI=1S/C24H38N2O4/c1-24(2,3)30-23(28)26-11-4-5-21(26)17-29-22-14-20(15-25-16-22)13-19-8-6-18(7-9-19)10-12-27/h14-16,18-19,21,27H,4-13,17H2,1-3H3/t18?,19?,21-/m0/s1. The van der Waals surface area contributed by atoms with Crippen molar-refractivity contribution in [3.05, 3.63) is 24.0 Å². The van der Waals surface area contributed by atoms with Gasteiger partial charge in [0.1, 0.15) is 18.0 Å². The quantitative estimate of drug-likeness (QED) is 0.701. The van der Waals surface area contributed by atoms with Crippen molar-refractivity contribution in [2.45, 2.75) is 83.8 Å². The molecule has 0 bridgehead atoms. The molecule has 1 amide bonds. The van der Waals surface area contributed by atoms with E-state index in [-0.39, 0.29) is 12.1 Å². The van der Waals surface area contributed by atoms with Crippen LogP contribution in [-0.4, -0.2) is 52.5 Å². The van der Waals surface area contributed by atoms with E-state index in [9.17, 15) is 4.79 Å². The number of aliphatic hydroxyl groups is 1. The van der Waals surface area contributed by atoms with Crippen LogP contribution in [-0.2, 0) is 11.2 Å². The van der Waals surface area contributed by atoms with Gasteiger partial charge >= 0.3 is 6.09 Å². The molecule has 2 heterocycles. The van der Waals surface area contributed by atoms with Crippen LogP contribution in [0.15, 0.2) is 18.5 Å². The van der Waals surface area contributed by atoms with Crippen LogP contribution in [0, 0.1) is 11.8 Å². The molecule has 1 aromatic rings. The maximum atomic E-state index is 12.4. The Morgan fingerprint density at radius 1 is 1.17 bits per heavy atom. The van der Waals surface area contributed by atoms with Crippen LogP contribution >= 0.6 is 0 Å². The van der Waals surface area contributed by atoms with Gasteiger partial charge < -0.3 is 19.5 Å². The summed E-state index contributed by atoms with van der Waals surface area (Å²) < 4.78 is 11.6. The first-order chi connectivity index (χ1) is 14.3. The van der Waals surface area contributed by atoms with Crippen LogP contribution in [0.25, 0.3) is 0 Å². The van der Waals surface area contributed by atoms with E-state index in [0.717, 1.165) is 38.0 Å². The molecule has 3 rings (SSSR count). The number of amides is 1. The number of carbonyl (C=O) groups is 1. The topological polar surface area (TPSA) is 71.9 Å². The summed E-state index contributed by atoms with van der Waals surface area (Å²) in [5.41, 5.74) is 0.731. The van der Waals surface area contributed by atoms with Gasteiger partial charge in [-0.05, 0) is 82.8 Å². The molecule has 1 aliphatic heterocycles. The largest absolute Gasteiger partial charge is 0.490 e. The van der Waals surface area contributed by atoms with Gasteiger partial charge in [-0.3, -0.25) is 4.98 Å². The van der Waals surface area contributed by atoms with E-state index < -0.39 is 5.60 Å². The summed E-state index contributed by atoms with van der Waals surface area (Å²) in [6.45, 7) is 7.18. The first-order valence-corrected chi connectivity index (χ1v) is 11.5. The van der Waals surface area contributed by atoms with Crippen LogP contribution < -0.4 is 4.74 Å². The number of ether oxygens (including phenoxy) is 2. The minimum atomic E-state index is -0.486. The molecule has 1 N–H and O–H groups in total. The lowest BCUT2D eigenvalue weighted by atomic mass is 9.78. The molecule has 168 valence electrons. The van der Waals surface area contributed by atoms with Gasteiger partial charge in [0.25, 0.3) is 0 Å². The zero-order valence-electron chi connectivity index (χ0n) is 18.8. The summed E-state index contributed by atoms with van der Waals surface area (Å²) in [5, 5.41) is 9.12. The Labute approximate surface area is 181 Å². The Morgan fingerprint density at radius 2 is 1.90 bits per heavy atom. The van der Waals surface area contributed by atoms with Crippen molar-refractivity contribution in [3.63, 3.8) is 0 Å². The predicted molar refractivity (Wildman–Crippen MR) is 117 cm³/mol. The van der Waals surface area contributed by atoms with Gasteiger partial charge in [-0.1, -0.05) is 12.8 Å². The fourth-order valence-corrected chi connectivity index (χ4v) is 4.66. The third kappa shape index (κ3) is 6.86. The maximum Gasteiger partial charge on any atom is 0.410 e. The average Bonchev–Trinajstić information content (AvgIpc) is 3.16. The zero-order chi connectivity index (χ0) is 21.6. The smallest absolute Gasteiger partial charge is 0.410 e. The highest BCUT2D eigenvalue weighted by molar-refractivity contribution is 5.69. The second kappa shape index (κ2) is 10.5. The molecule has 1 aliphatic carbocycles. The van der Waals surface area contributed by atoms with Crippen molar-refractivity contribution in [3.8, 4) is 5.75 Å². The molecule has 0 aromatic carbocycles. The summed E-state index contributed by atoms with van der Waals surface area (Å²) in [4.78, 5) is 18.6. The molecule has 2 aliphatic rings. The Bertz CT molecular complexity index is 680. The van der Waals surface area contributed by atoms with Crippen molar-refractivity contribution in [2.24, 2.45) is 11.8 Å². The molecule has 6 nitrogen and oxygen atoms in total. The van der Waals surface area contributed by atoms with Crippen molar-refractivity contribution in [1.82, 2.24) is 9.88 Å². The Hall–Kier alpha value is -1.82. The van der Waals surface area contributed by atoms with E-state index >= 15 is 0 Å². The van der Waals surface area contributed by atoms with E-state index in [1.54, 1.807) is 11.1 Å². The molecular weight excluding hydrogens is 380 g/mol. The Balaban J connectivity index is 1.49. The van der Waals surface area contributed by atoms with Crippen LogP contribution in [0.5, 0.6) is 5.75 Å². The molecule has 1 saturated heterocycles. The van der Waals surface area contributed by atoms with Crippen molar-refractivity contribution < 1.29 is 19.4 Å². The number of aromatic nitrogens is 1. The van der Waals surface area contributed by atoms with E-state index in [0.29, 0.717) is 25.0 Å². The molecule has 0 radical (unpaired) electrons. The van der Waals surface area contributed by atoms with E-state index in [2.05, 4.69) is 11.1 Å². The van der Waals surface area contributed by atoms with E-state index in [4.69, 9.17) is 14.6 Å². The molecule has 1 aromatic heterocycles. The third-order valence-electron chi connectivity index (χ3n) is 6.25. The number of pyridine rings is 1. The number of nitrogens with zero attached hydrogens (tertiary/aromatic N) is 2. The van der Waals surface area contributed by atoms with Crippen LogP contribution in [0.3, 0.4) is 0 Å². The molecule has 0 unspecified atom stereocenters. The number of likely N-dealkylation sites (tertiary alicyclic amines) is 1. The minimum absolute atomic E-state index is 0.0466. The summed E-state index contributed by atoms with van der Waals surface area (Å²) in [7, 11) is 0. The monoisotopic (exact) mass is 418 g/mol. The molecule has 6 heteroatoms. The minimum Gasteiger partial charge on any atom is -0.490 e. The fraction of sp³-hybridized carbons (Fsp3) is 0.750.